The van der Waals surface area contributed by atoms with Gasteiger partial charge in [-0.1, -0.05) is 6.07 Å². The van der Waals surface area contributed by atoms with Crippen LogP contribution in [0.1, 0.15) is 5.56 Å². The first-order chi connectivity index (χ1) is 9.96. The number of rotatable bonds is 9. The number of hydrogen-bond donors (Lipinski definition) is 1. The third kappa shape index (κ3) is 6.01. The van der Waals surface area contributed by atoms with Crippen LogP contribution in [0.5, 0.6) is 11.5 Å². The van der Waals surface area contributed by atoms with Crippen molar-refractivity contribution in [3.05, 3.63) is 23.8 Å². The standard InChI is InChI=1S/C15H24N2O4/c1-16(2)7-8-17(11-15(18)19)10-12-5-6-13(20-3)14(9-12)21-4/h5-6,9H,7-8,10-11H2,1-4H3,(H,18,19). The number of ether oxygens (including phenoxy) is 2. The fourth-order valence-corrected chi connectivity index (χ4v) is 1.98. The number of methoxy groups -OCH3 is 2. The van der Waals surface area contributed by atoms with E-state index >= 15 is 0 Å². The van der Waals surface area contributed by atoms with E-state index < -0.39 is 5.97 Å². The number of likely N-dealkylation sites (N-methyl/N-ethyl adjacent to an activating group) is 1. The minimum atomic E-state index is -0.825. The van der Waals surface area contributed by atoms with E-state index in [4.69, 9.17) is 14.6 Å². The lowest BCUT2D eigenvalue weighted by Crippen LogP contribution is -2.35. The van der Waals surface area contributed by atoms with Gasteiger partial charge in [0.2, 0.25) is 0 Å². The molecule has 0 aliphatic rings. The molecule has 6 nitrogen and oxygen atoms in total. The summed E-state index contributed by atoms with van der Waals surface area (Å²) in [5, 5.41) is 9.01. The van der Waals surface area contributed by atoms with E-state index in [-0.39, 0.29) is 6.54 Å². The molecule has 1 N–H and O–H groups in total. The largest absolute Gasteiger partial charge is 0.493 e. The summed E-state index contributed by atoms with van der Waals surface area (Å²) >= 11 is 0. The van der Waals surface area contributed by atoms with Gasteiger partial charge < -0.3 is 19.5 Å². The van der Waals surface area contributed by atoms with Gasteiger partial charge in [0.05, 0.1) is 20.8 Å². The number of hydrogen-bond acceptors (Lipinski definition) is 5. The smallest absolute Gasteiger partial charge is 0.317 e. The zero-order chi connectivity index (χ0) is 15.8. The Hall–Kier alpha value is -1.79. The van der Waals surface area contributed by atoms with E-state index in [2.05, 4.69) is 0 Å². The highest BCUT2D eigenvalue weighted by atomic mass is 16.5. The van der Waals surface area contributed by atoms with Crippen LogP contribution in [0.4, 0.5) is 0 Å². The van der Waals surface area contributed by atoms with E-state index in [1.165, 1.54) is 0 Å². The maximum atomic E-state index is 11.0. The number of carboxylic acid groups (broad SMARTS) is 1. The molecule has 0 radical (unpaired) electrons. The molecule has 0 aromatic heterocycles. The van der Waals surface area contributed by atoms with Crippen LogP contribution in [0.2, 0.25) is 0 Å². The molecule has 6 heteroatoms. The van der Waals surface area contributed by atoms with Gasteiger partial charge in [-0.3, -0.25) is 9.69 Å². The molecule has 118 valence electrons. The zero-order valence-electron chi connectivity index (χ0n) is 13.1. The molecule has 0 saturated heterocycles. The second kappa shape index (κ2) is 8.49. The Morgan fingerprint density at radius 2 is 1.81 bits per heavy atom. The van der Waals surface area contributed by atoms with E-state index in [1.807, 2.05) is 42.1 Å². The Kier molecular flexibility index (Phi) is 6.98. The second-order valence-electron chi connectivity index (χ2n) is 5.10. The lowest BCUT2D eigenvalue weighted by Gasteiger charge is -2.22. The summed E-state index contributed by atoms with van der Waals surface area (Å²) in [7, 11) is 7.11. The van der Waals surface area contributed by atoms with Gasteiger partial charge in [0.15, 0.2) is 11.5 Å². The Morgan fingerprint density at radius 3 is 2.33 bits per heavy atom. The summed E-state index contributed by atoms with van der Waals surface area (Å²) < 4.78 is 10.5. The summed E-state index contributed by atoms with van der Waals surface area (Å²) in [6.07, 6.45) is 0. The number of benzene rings is 1. The van der Waals surface area contributed by atoms with Crippen molar-refractivity contribution in [2.75, 3.05) is 47.9 Å². The fourth-order valence-electron chi connectivity index (χ4n) is 1.98. The third-order valence-corrected chi connectivity index (χ3v) is 3.08. The first-order valence-electron chi connectivity index (χ1n) is 6.76. The minimum Gasteiger partial charge on any atom is -0.493 e. The summed E-state index contributed by atoms with van der Waals surface area (Å²) in [5.74, 6) is 0.492. The molecule has 0 unspecified atom stereocenters. The molecular weight excluding hydrogens is 272 g/mol. The lowest BCUT2D eigenvalue weighted by atomic mass is 10.2. The van der Waals surface area contributed by atoms with E-state index in [0.29, 0.717) is 24.6 Å². The van der Waals surface area contributed by atoms with Crippen LogP contribution < -0.4 is 9.47 Å². The molecular formula is C15H24N2O4. The van der Waals surface area contributed by atoms with Gasteiger partial charge in [-0.25, -0.2) is 0 Å². The van der Waals surface area contributed by atoms with Crippen LogP contribution in [0.25, 0.3) is 0 Å². The number of carbonyl (C=O) groups is 1. The molecule has 0 amide bonds. The lowest BCUT2D eigenvalue weighted by molar-refractivity contribution is -0.138. The van der Waals surface area contributed by atoms with Crippen LogP contribution in [-0.2, 0) is 11.3 Å². The molecule has 0 fully saturated rings. The van der Waals surface area contributed by atoms with Crippen molar-refractivity contribution in [2.24, 2.45) is 0 Å². The van der Waals surface area contributed by atoms with Crippen LogP contribution >= 0.6 is 0 Å². The summed E-state index contributed by atoms with van der Waals surface area (Å²) in [5.41, 5.74) is 0.993. The molecule has 0 aliphatic heterocycles. The van der Waals surface area contributed by atoms with Crippen molar-refractivity contribution in [3.63, 3.8) is 0 Å². The monoisotopic (exact) mass is 296 g/mol. The van der Waals surface area contributed by atoms with E-state index in [0.717, 1.165) is 12.1 Å². The second-order valence-corrected chi connectivity index (χ2v) is 5.10. The number of aliphatic carboxylic acids is 1. The highest BCUT2D eigenvalue weighted by Crippen LogP contribution is 2.27. The van der Waals surface area contributed by atoms with Crippen molar-refractivity contribution in [3.8, 4) is 11.5 Å². The van der Waals surface area contributed by atoms with Gasteiger partial charge in [-0.05, 0) is 31.8 Å². The Balaban J connectivity index is 2.79. The Labute approximate surface area is 125 Å². The molecule has 0 saturated carbocycles. The maximum Gasteiger partial charge on any atom is 0.317 e. The van der Waals surface area contributed by atoms with Crippen molar-refractivity contribution in [1.82, 2.24) is 9.80 Å². The highest BCUT2D eigenvalue weighted by molar-refractivity contribution is 5.69. The topological polar surface area (TPSA) is 62.2 Å². The fraction of sp³-hybridized carbons (Fsp3) is 0.533. The summed E-state index contributed by atoms with van der Waals surface area (Å²) in [6, 6.07) is 5.63. The molecule has 1 rings (SSSR count). The Morgan fingerprint density at radius 1 is 1.14 bits per heavy atom. The number of carboxylic acids is 1. The van der Waals surface area contributed by atoms with Gasteiger partial charge in [0.1, 0.15) is 0 Å². The first kappa shape index (κ1) is 17.3. The molecule has 0 spiro atoms. The van der Waals surface area contributed by atoms with Crippen molar-refractivity contribution < 1.29 is 19.4 Å². The van der Waals surface area contributed by atoms with Crippen molar-refractivity contribution in [2.45, 2.75) is 6.54 Å². The van der Waals surface area contributed by atoms with Crippen LogP contribution in [-0.4, -0.2) is 68.8 Å². The highest BCUT2D eigenvalue weighted by Gasteiger charge is 2.12. The van der Waals surface area contributed by atoms with Crippen LogP contribution in [0.15, 0.2) is 18.2 Å². The average molecular weight is 296 g/mol. The molecule has 21 heavy (non-hydrogen) atoms. The quantitative estimate of drug-likeness (QED) is 0.737. The van der Waals surface area contributed by atoms with E-state index in [9.17, 15) is 4.79 Å². The van der Waals surface area contributed by atoms with Gasteiger partial charge in [0, 0.05) is 19.6 Å². The molecule has 1 aromatic rings. The predicted octanol–water partition coefficient (Wildman–Crippen LogP) is 1.15. The molecule has 0 atom stereocenters. The summed E-state index contributed by atoms with van der Waals surface area (Å²) in [4.78, 5) is 14.9. The van der Waals surface area contributed by atoms with Gasteiger partial charge >= 0.3 is 5.97 Å². The first-order valence-corrected chi connectivity index (χ1v) is 6.76. The van der Waals surface area contributed by atoms with E-state index in [1.54, 1.807) is 14.2 Å². The van der Waals surface area contributed by atoms with Gasteiger partial charge in [-0.2, -0.15) is 0 Å². The molecule has 0 heterocycles. The molecule has 0 aliphatic carbocycles. The normalized spacial score (nSPS) is 11.0. The third-order valence-electron chi connectivity index (χ3n) is 3.08. The van der Waals surface area contributed by atoms with Crippen molar-refractivity contribution in [1.29, 1.82) is 0 Å². The molecule has 0 bridgehead atoms. The molecule has 1 aromatic carbocycles. The summed E-state index contributed by atoms with van der Waals surface area (Å²) in [6.45, 7) is 2.07. The van der Waals surface area contributed by atoms with Crippen LogP contribution in [0.3, 0.4) is 0 Å². The van der Waals surface area contributed by atoms with Gasteiger partial charge in [0.25, 0.3) is 0 Å². The van der Waals surface area contributed by atoms with Crippen molar-refractivity contribution >= 4 is 5.97 Å². The maximum absolute atomic E-state index is 11.0. The minimum absolute atomic E-state index is 0.0161. The predicted molar refractivity (Wildman–Crippen MR) is 81.0 cm³/mol. The zero-order valence-corrected chi connectivity index (χ0v) is 13.1. The number of nitrogens with zero attached hydrogens (tertiary/aromatic N) is 2. The van der Waals surface area contributed by atoms with Crippen LogP contribution in [0, 0.1) is 0 Å². The average Bonchev–Trinajstić information content (AvgIpc) is 2.44. The Bertz CT molecular complexity index is 463. The SMILES string of the molecule is COc1ccc(CN(CCN(C)C)CC(=O)O)cc1OC. The van der Waals surface area contributed by atoms with Gasteiger partial charge in [-0.15, -0.1) is 0 Å².